The highest BCUT2D eigenvalue weighted by molar-refractivity contribution is 7.99. The first-order chi connectivity index (χ1) is 17.6. The minimum Gasteiger partial charge on any atom is -0.497 e. The van der Waals surface area contributed by atoms with E-state index in [1.807, 2.05) is 30.5 Å². The van der Waals surface area contributed by atoms with E-state index in [9.17, 15) is 14.4 Å². The van der Waals surface area contributed by atoms with Crippen molar-refractivity contribution in [1.82, 2.24) is 15.5 Å². The normalized spacial score (nSPS) is 14.9. The summed E-state index contributed by atoms with van der Waals surface area (Å²) in [4.78, 5) is 40.0. The van der Waals surface area contributed by atoms with E-state index in [2.05, 4.69) is 10.6 Å². The lowest BCUT2D eigenvalue weighted by Crippen LogP contribution is -2.51. The lowest BCUT2D eigenvalue weighted by atomic mass is 9.91. The number of ether oxygens (including phenoxy) is 2. The summed E-state index contributed by atoms with van der Waals surface area (Å²) in [5.41, 5.74) is 0.272. The predicted octanol–water partition coefficient (Wildman–Crippen LogP) is 4.67. The molecule has 0 saturated heterocycles. The Bertz CT molecular complexity index is 855. The Morgan fingerprint density at radius 3 is 2.38 bits per heavy atom. The number of carbonyl (C=O) groups is 3. The van der Waals surface area contributed by atoms with Crippen LogP contribution < -0.4 is 15.4 Å². The van der Waals surface area contributed by atoms with Crippen molar-refractivity contribution in [3.05, 3.63) is 29.8 Å². The molecule has 1 aliphatic carbocycles. The van der Waals surface area contributed by atoms with Gasteiger partial charge in [0.25, 0.3) is 0 Å². The highest BCUT2D eigenvalue weighted by Crippen LogP contribution is 2.27. The average Bonchev–Trinajstić information content (AvgIpc) is 2.86. The highest BCUT2D eigenvalue weighted by atomic mass is 32.2. The van der Waals surface area contributed by atoms with E-state index in [4.69, 9.17) is 9.47 Å². The molecule has 0 spiro atoms. The largest absolute Gasteiger partial charge is 0.497 e. The summed E-state index contributed by atoms with van der Waals surface area (Å²) in [6.07, 6.45) is 7.60. The SMILES string of the molecule is COc1ccc(CNC(=O)[C@H](CSCC2CCCCC2)NC(=O)CN(CSC)C(=O)OC(C)(C)C)cc1. The number of methoxy groups -OCH3 is 1. The Morgan fingerprint density at radius 1 is 1.11 bits per heavy atom. The van der Waals surface area contributed by atoms with E-state index < -0.39 is 17.7 Å². The second-order valence-corrected chi connectivity index (χ2v) is 12.2. The highest BCUT2D eigenvalue weighted by Gasteiger charge is 2.27. The van der Waals surface area contributed by atoms with Gasteiger partial charge in [0.05, 0.1) is 13.0 Å². The molecule has 1 aromatic rings. The quantitative estimate of drug-likeness (QED) is 0.343. The molecule has 0 aromatic heterocycles. The van der Waals surface area contributed by atoms with E-state index >= 15 is 0 Å². The third-order valence-electron chi connectivity index (χ3n) is 5.91. The summed E-state index contributed by atoms with van der Waals surface area (Å²) < 4.78 is 10.6. The summed E-state index contributed by atoms with van der Waals surface area (Å²) in [5.74, 6) is 2.56. The van der Waals surface area contributed by atoms with Crippen molar-refractivity contribution in [2.24, 2.45) is 5.92 Å². The zero-order valence-electron chi connectivity index (χ0n) is 22.8. The van der Waals surface area contributed by atoms with E-state index in [0.717, 1.165) is 17.1 Å². The van der Waals surface area contributed by atoms with Crippen LogP contribution >= 0.6 is 23.5 Å². The summed E-state index contributed by atoms with van der Waals surface area (Å²) in [5, 5.41) is 5.81. The average molecular weight is 554 g/mol. The van der Waals surface area contributed by atoms with Crippen LogP contribution in [-0.4, -0.2) is 71.7 Å². The lowest BCUT2D eigenvalue weighted by molar-refractivity contribution is -0.129. The molecule has 0 aliphatic heterocycles. The molecular formula is C27H43N3O5S2. The Balaban J connectivity index is 1.99. The van der Waals surface area contributed by atoms with Crippen LogP contribution in [0, 0.1) is 5.92 Å². The molecule has 1 aliphatic rings. The molecule has 1 atom stereocenters. The number of nitrogens with one attached hydrogen (secondary N) is 2. The zero-order chi connectivity index (χ0) is 27.3. The molecular weight excluding hydrogens is 510 g/mol. The minimum absolute atomic E-state index is 0.175. The predicted molar refractivity (Wildman–Crippen MR) is 152 cm³/mol. The van der Waals surface area contributed by atoms with Gasteiger partial charge >= 0.3 is 6.09 Å². The molecule has 3 amide bonds. The van der Waals surface area contributed by atoms with E-state index in [1.165, 1.54) is 48.8 Å². The maximum atomic E-state index is 13.1. The van der Waals surface area contributed by atoms with Crippen LogP contribution in [0.15, 0.2) is 24.3 Å². The molecule has 1 aromatic carbocycles. The Morgan fingerprint density at radius 2 is 1.78 bits per heavy atom. The summed E-state index contributed by atoms with van der Waals surface area (Å²) in [6.45, 7) is 5.53. The number of benzene rings is 1. The molecule has 0 radical (unpaired) electrons. The summed E-state index contributed by atoms with van der Waals surface area (Å²) in [7, 11) is 1.61. The van der Waals surface area contributed by atoms with Gasteiger partial charge in [0.1, 0.15) is 23.9 Å². The van der Waals surface area contributed by atoms with Crippen LogP contribution in [0.5, 0.6) is 5.75 Å². The number of amides is 3. The second kappa shape index (κ2) is 16.0. The Hall–Kier alpha value is -2.07. The summed E-state index contributed by atoms with van der Waals surface area (Å²) in [6, 6.07) is 6.78. The maximum absolute atomic E-state index is 13.1. The van der Waals surface area contributed by atoms with Crippen LogP contribution in [0.3, 0.4) is 0 Å². The van der Waals surface area contributed by atoms with Crippen molar-refractivity contribution in [2.45, 2.75) is 71.1 Å². The van der Waals surface area contributed by atoms with Gasteiger partial charge in [0.15, 0.2) is 0 Å². The fraction of sp³-hybridized carbons (Fsp3) is 0.667. The van der Waals surface area contributed by atoms with Crippen LogP contribution in [0.1, 0.15) is 58.4 Å². The van der Waals surface area contributed by atoms with Gasteiger partial charge in [-0.15, -0.1) is 11.8 Å². The van der Waals surface area contributed by atoms with Gasteiger partial charge in [-0.1, -0.05) is 31.4 Å². The zero-order valence-corrected chi connectivity index (χ0v) is 24.5. The molecule has 37 heavy (non-hydrogen) atoms. The lowest BCUT2D eigenvalue weighted by Gasteiger charge is -2.27. The van der Waals surface area contributed by atoms with Gasteiger partial charge in [0, 0.05) is 12.3 Å². The molecule has 1 saturated carbocycles. The molecule has 10 heteroatoms. The van der Waals surface area contributed by atoms with Crippen molar-refractivity contribution in [3.63, 3.8) is 0 Å². The first-order valence-corrected chi connectivity index (χ1v) is 15.4. The van der Waals surface area contributed by atoms with Crippen LogP contribution in [-0.2, 0) is 20.9 Å². The standard InChI is InChI=1S/C27H43N3O5S2/c1-27(2,3)35-26(33)30(19-36-5)16-24(31)29-23(18-37-17-21-9-7-6-8-10-21)25(32)28-15-20-11-13-22(34-4)14-12-20/h11-14,21,23H,6-10,15-19H2,1-5H3,(H,28,32)(H,29,31)/t23-/m0/s1. The van der Waals surface area contributed by atoms with Crippen molar-refractivity contribution in [3.8, 4) is 5.75 Å². The van der Waals surface area contributed by atoms with Crippen LogP contribution in [0.2, 0.25) is 0 Å². The Labute approximate surface area is 230 Å². The van der Waals surface area contributed by atoms with Crippen LogP contribution in [0.4, 0.5) is 4.79 Å². The van der Waals surface area contributed by atoms with Gasteiger partial charge in [-0.3, -0.25) is 14.5 Å². The molecule has 0 bridgehead atoms. The third kappa shape index (κ3) is 12.3. The van der Waals surface area contributed by atoms with Gasteiger partial charge < -0.3 is 20.1 Å². The molecule has 8 nitrogen and oxygen atoms in total. The first-order valence-electron chi connectivity index (χ1n) is 12.9. The smallest absolute Gasteiger partial charge is 0.411 e. The van der Waals surface area contributed by atoms with E-state index in [-0.39, 0.29) is 18.4 Å². The molecule has 0 heterocycles. The third-order valence-corrected chi connectivity index (χ3v) is 7.76. The fourth-order valence-corrected chi connectivity index (χ4v) is 5.79. The maximum Gasteiger partial charge on any atom is 0.411 e. The van der Waals surface area contributed by atoms with Gasteiger partial charge in [0.2, 0.25) is 11.8 Å². The van der Waals surface area contributed by atoms with Gasteiger partial charge in [-0.25, -0.2) is 4.79 Å². The molecule has 2 rings (SSSR count). The molecule has 2 N–H and O–H groups in total. The van der Waals surface area contributed by atoms with Crippen molar-refractivity contribution in [2.75, 3.05) is 37.3 Å². The Kier molecular flexibility index (Phi) is 13.5. The second-order valence-electron chi connectivity index (χ2n) is 10.3. The van der Waals surface area contributed by atoms with Crippen LogP contribution in [0.25, 0.3) is 0 Å². The van der Waals surface area contributed by atoms with Crippen molar-refractivity contribution in [1.29, 1.82) is 0 Å². The number of nitrogens with zero attached hydrogens (tertiary/aromatic N) is 1. The minimum atomic E-state index is -0.700. The molecule has 0 unspecified atom stereocenters. The van der Waals surface area contributed by atoms with Gasteiger partial charge in [-0.2, -0.15) is 11.8 Å². The van der Waals surface area contributed by atoms with Crippen molar-refractivity contribution < 1.29 is 23.9 Å². The number of hydrogen-bond acceptors (Lipinski definition) is 7. The number of hydrogen-bond donors (Lipinski definition) is 2. The van der Waals surface area contributed by atoms with Crippen molar-refractivity contribution >= 4 is 41.4 Å². The fourth-order valence-electron chi connectivity index (χ4n) is 4.00. The molecule has 1 fully saturated rings. The number of carbonyl (C=O) groups excluding carboxylic acids is 3. The monoisotopic (exact) mass is 553 g/mol. The van der Waals surface area contributed by atoms with Gasteiger partial charge in [-0.05, 0) is 69.2 Å². The molecule has 208 valence electrons. The topological polar surface area (TPSA) is 97.0 Å². The summed E-state index contributed by atoms with van der Waals surface area (Å²) >= 11 is 3.13. The number of rotatable bonds is 13. The van der Waals surface area contributed by atoms with E-state index in [0.29, 0.717) is 24.1 Å². The number of thioether (sulfide) groups is 2. The van der Waals surface area contributed by atoms with E-state index in [1.54, 1.807) is 39.6 Å². The first kappa shape index (κ1) is 31.1.